The molecule has 1 unspecified atom stereocenters. The van der Waals surface area contributed by atoms with E-state index in [-0.39, 0.29) is 5.69 Å². The number of aromatic nitrogens is 2. The minimum absolute atomic E-state index is 0.269. The monoisotopic (exact) mass is 366 g/mol. The molecule has 0 radical (unpaired) electrons. The number of rotatable bonds is 3. The molecule has 1 atom stereocenters. The number of hydrogen-bond acceptors (Lipinski definition) is 2. The molecule has 4 nitrogen and oxygen atoms in total. The number of imidazole rings is 1. The molecular weight excluding hydrogens is 356 g/mol. The Bertz CT molecular complexity index is 856. The number of fused-ring (bicyclic) bond motifs is 1. The molecule has 3 rings (SSSR count). The van der Waals surface area contributed by atoms with Gasteiger partial charge in [-0.1, -0.05) is 45.7 Å². The molecule has 3 aromatic rings. The number of halogens is 2. The lowest BCUT2D eigenvalue weighted by atomic mass is 10.0. The van der Waals surface area contributed by atoms with Crippen LogP contribution in [0.25, 0.3) is 11.0 Å². The van der Waals surface area contributed by atoms with Crippen molar-refractivity contribution >= 4 is 38.6 Å². The number of aliphatic hydroxyl groups is 1. The maximum Gasteiger partial charge on any atom is 0.323 e. The van der Waals surface area contributed by atoms with Gasteiger partial charge >= 0.3 is 5.69 Å². The van der Waals surface area contributed by atoms with E-state index in [0.717, 1.165) is 10.0 Å². The van der Waals surface area contributed by atoms with E-state index in [4.69, 9.17) is 11.6 Å². The summed E-state index contributed by atoms with van der Waals surface area (Å²) in [5.41, 5.74) is 2.67. The molecule has 1 aromatic heterocycles. The van der Waals surface area contributed by atoms with Crippen LogP contribution < -0.4 is 5.69 Å². The molecule has 21 heavy (non-hydrogen) atoms. The van der Waals surface area contributed by atoms with E-state index in [9.17, 15) is 9.90 Å². The van der Waals surface area contributed by atoms with Crippen LogP contribution in [0.4, 0.5) is 0 Å². The van der Waals surface area contributed by atoms with Crippen LogP contribution in [0.3, 0.4) is 0 Å². The van der Waals surface area contributed by atoms with E-state index in [2.05, 4.69) is 25.9 Å². The number of nitrogens with one attached hydrogen (secondary N) is 2. The number of aliphatic hydroxyl groups excluding tert-OH is 1. The van der Waals surface area contributed by atoms with Gasteiger partial charge in [-0.25, -0.2) is 4.79 Å². The Morgan fingerprint density at radius 1 is 1.19 bits per heavy atom. The predicted octanol–water partition coefficient (Wildman–Crippen LogP) is 3.55. The Balaban J connectivity index is 1.97. The molecule has 0 saturated heterocycles. The zero-order chi connectivity index (χ0) is 15.0. The number of aromatic amines is 2. The normalized spacial score (nSPS) is 12.7. The molecule has 0 fully saturated rings. The highest BCUT2D eigenvalue weighted by Crippen LogP contribution is 2.30. The first-order valence-corrected chi connectivity index (χ1v) is 7.54. The highest BCUT2D eigenvalue weighted by molar-refractivity contribution is 9.10. The van der Waals surface area contributed by atoms with E-state index in [0.29, 0.717) is 28.0 Å². The standard InChI is InChI=1S/C15H12BrClN2O2/c16-10-7-13-12(18-15(21)19-13)6-9(10)14(20)5-8-3-1-2-4-11(8)17/h1-4,6-7,14,20H,5H2,(H2,18,19,21). The third-order valence-corrected chi connectivity index (χ3v) is 4.42. The Labute approximate surface area is 133 Å². The fourth-order valence-corrected chi connectivity index (χ4v) is 3.13. The van der Waals surface area contributed by atoms with Crippen molar-refractivity contribution < 1.29 is 5.11 Å². The second-order valence-corrected chi connectivity index (χ2v) is 6.07. The van der Waals surface area contributed by atoms with Crippen molar-refractivity contribution in [3.05, 3.63) is 67.5 Å². The smallest absolute Gasteiger partial charge is 0.323 e. The van der Waals surface area contributed by atoms with Gasteiger partial charge in [0.25, 0.3) is 0 Å². The van der Waals surface area contributed by atoms with Crippen LogP contribution in [-0.4, -0.2) is 15.1 Å². The third kappa shape index (κ3) is 2.90. The topological polar surface area (TPSA) is 68.9 Å². The van der Waals surface area contributed by atoms with Gasteiger partial charge in [0.05, 0.1) is 17.1 Å². The lowest BCUT2D eigenvalue weighted by Crippen LogP contribution is -2.03. The van der Waals surface area contributed by atoms with Crippen molar-refractivity contribution in [3.8, 4) is 0 Å². The lowest BCUT2D eigenvalue weighted by Gasteiger charge is -2.14. The molecule has 0 bridgehead atoms. The van der Waals surface area contributed by atoms with Crippen LogP contribution in [-0.2, 0) is 6.42 Å². The van der Waals surface area contributed by atoms with Gasteiger partial charge in [-0.2, -0.15) is 0 Å². The fraction of sp³-hybridized carbons (Fsp3) is 0.133. The fourth-order valence-electron chi connectivity index (χ4n) is 2.31. The summed E-state index contributed by atoms with van der Waals surface area (Å²) in [6.45, 7) is 0. The summed E-state index contributed by atoms with van der Waals surface area (Å²) in [4.78, 5) is 16.7. The van der Waals surface area contributed by atoms with Gasteiger partial charge in [0.2, 0.25) is 0 Å². The Hall–Kier alpha value is -1.56. The highest BCUT2D eigenvalue weighted by Gasteiger charge is 2.15. The maximum atomic E-state index is 11.3. The van der Waals surface area contributed by atoms with Gasteiger partial charge in [-0.15, -0.1) is 0 Å². The molecule has 0 amide bonds. The van der Waals surface area contributed by atoms with Crippen LogP contribution in [0, 0.1) is 0 Å². The minimum Gasteiger partial charge on any atom is -0.388 e. The predicted molar refractivity (Wildman–Crippen MR) is 86.7 cm³/mol. The van der Waals surface area contributed by atoms with E-state index in [1.165, 1.54) is 0 Å². The number of benzene rings is 2. The molecule has 1 heterocycles. The summed E-state index contributed by atoms with van der Waals surface area (Å²) in [5, 5.41) is 11.1. The molecule has 6 heteroatoms. The molecule has 0 spiro atoms. The zero-order valence-corrected chi connectivity index (χ0v) is 13.2. The van der Waals surface area contributed by atoms with Crippen molar-refractivity contribution in [1.29, 1.82) is 0 Å². The minimum atomic E-state index is -0.720. The van der Waals surface area contributed by atoms with Crippen LogP contribution in [0.5, 0.6) is 0 Å². The molecule has 108 valence electrons. The Kier molecular flexibility index (Phi) is 3.89. The lowest BCUT2D eigenvalue weighted by molar-refractivity contribution is 0.178. The highest BCUT2D eigenvalue weighted by atomic mass is 79.9. The van der Waals surface area contributed by atoms with Gasteiger partial charge < -0.3 is 15.1 Å². The SMILES string of the molecule is O=c1[nH]c2cc(Br)c(C(O)Cc3ccccc3Cl)cc2[nH]1. The van der Waals surface area contributed by atoms with Crippen LogP contribution in [0.1, 0.15) is 17.2 Å². The average molecular weight is 368 g/mol. The Morgan fingerprint density at radius 3 is 2.57 bits per heavy atom. The van der Waals surface area contributed by atoms with Crippen molar-refractivity contribution in [3.63, 3.8) is 0 Å². The molecule has 0 aliphatic heterocycles. The average Bonchev–Trinajstić information content (AvgIpc) is 2.79. The van der Waals surface area contributed by atoms with Gasteiger partial charge in [0, 0.05) is 15.9 Å². The second-order valence-electron chi connectivity index (χ2n) is 4.81. The summed E-state index contributed by atoms with van der Waals surface area (Å²) in [6.07, 6.45) is -0.319. The molecule has 3 N–H and O–H groups in total. The van der Waals surface area contributed by atoms with E-state index in [1.807, 2.05) is 18.2 Å². The quantitative estimate of drug-likeness (QED) is 0.662. The summed E-state index contributed by atoms with van der Waals surface area (Å²) in [5.74, 6) is 0. The van der Waals surface area contributed by atoms with Crippen LogP contribution >= 0.6 is 27.5 Å². The van der Waals surface area contributed by atoms with Crippen molar-refractivity contribution in [2.24, 2.45) is 0 Å². The van der Waals surface area contributed by atoms with Crippen LogP contribution in [0.2, 0.25) is 5.02 Å². The largest absolute Gasteiger partial charge is 0.388 e. The van der Waals surface area contributed by atoms with Crippen molar-refractivity contribution in [2.75, 3.05) is 0 Å². The first-order chi connectivity index (χ1) is 10.0. The number of hydrogen-bond donors (Lipinski definition) is 3. The van der Waals surface area contributed by atoms with Gasteiger partial charge in [-0.05, 0) is 29.3 Å². The third-order valence-electron chi connectivity index (χ3n) is 3.36. The summed E-state index contributed by atoms with van der Waals surface area (Å²) in [7, 11) is 0. The number of H-pyrrole nitrogens is 2. The van der Waals surface area contributed by atoms with E-state index in [1.54, 1.807) is 18.2 Å². The zero-order valence-electron chi connectivity index (χ0n) is 10.9. The van der Waals surface area contributed by atoms with E-state index < -0.39 is 6.10 Å². The molecule has 0 aliphatic carbocycles. The summed E-state index contributed by atoms with van der Waals surface area (Å²) in [6, 6.07) is 11.0. The van der Waals surface area contributed by atoms with Gasteiger partial charge in [-0.3, -0.25) is 0 Å². The van der Waals surface area contributed by atoms with E-state index >= 15 is 0 Å². The van der Waals surface area contributed by atoms with Crippen LogP contribution in [0.15, 0.2) is 45.7 Å². The first kappa shape index (κ1) is 14.4. The summed E-state index contributed by atoms with van der Waals surface area (Å²) < 4.78 is 0.741. The van der Waals surface area contributed by atoms with Gasteiger partial charge in [0.1, 0.15) is 0 Å². The second kappa shape index (κ2) is 5.67. The molecule has 0 aliphatic rings. The first-order valence-electron chi connectivity index (χ1n) is 6.37. The van der Waals surface area contributed by atoms with Gasteiger partial charge in [0.15, 0.2) is 0 Å². The molecule has 0 saturated carbocycles. The van der Waals surface area contributed by atoms with Crippen molar-refractivity contribution in [2.45, 2.75) is 12.5 Å². The molecular formula is C15H12BrClN2O2. The maximum absolute atomic E-state index is 11.3. The van der Waals surface area contributed by atoms with Crippen molar-refractivity contribution in [1.82, 2.24) is 9.97 Å². The summed E-state index contributed by atoms with van der Waals surface area (Å²) >= 11 is 9.55. The molecule has 2 aromatic carbocycles. The Morgan fingerprint density at radius 2 is 1.86 bits per heavy atom.